The first-order valence-electron chi connectivity index (χ1n) is 6.46. The molecule has 2 aromatic rings. The van der Waals surface area contributed by atoms with Crippen LogP contribution in [0.15, 0.2) is 53.0 Å². The van der Waals surface area contributed by atoms with E-state index in [-0.39, 0.29) is 23.4 Å². The molecule has 0 saturated heterocycles. The van der Waals surface area contributed by atoms with Gasteiger partial charge >= 0.3 is 0 Å². The smallest absolute Gasteiger partial charge is 0.252 e. The molecule has 0 radical (unpaired) electrons. The number of hydrogen-bond acceptors (Lipinski definition) is 1. The van der Waals surface area contributed by atoms with Gasteiger partial charge in [-0.2, -0.15) is 0 Å². The number of amides is 1. The van der Waals surface area contributed by atoms with Gasteiger partial charge in [-0.15, -0.1) is 11.6 Å². The summed E-state index contributed by atoms with van der Waals surface area (Å²) in [6, 6.07) is 13.6. The van der Waals surface area contributed by atoms with E-state index in [1.165, 1.54) is 18.2 Å². The molecule has 2 rings (SSSR count). The van der Waals surface area contributed by atoms with Crippen molar-refractivity contribution >= 4 is 33.4 Å². The summed E-state index contributed by atoms with van der Waals surface area (Å²) >= 11 is 9.17. The van der Waals surface area contributed by atoms with Crippen LogP contribution in [-0.2, 0) is 6.42 Å². The topological polar surface area (TPSA) is 29.1 Å². The number of halogens is 3. The Morgan fingerprint density at radius 1 is 1.24 bits per heavy atom. The molecule has 0 aliphatic rings. The van der Waals surface area contributed by atoms with Gasteiger partial charge in [0, 0.05) is 16.4 Å². The third kappa shape index (κ3) is 4.55. The third-order valence-corrected chi connectivity index (χ3v) is 4.08. The molecule has 0 heterocycles. The molecule has 1 atom stereocenters. The summed E-state index contributed by atoms with van der Waals surface area (Å²) in [6.45, 7) is 0. The number of rotatable bonds is 5. The summed E-state index contributed by atoms with van der Waals surface area (Å²) in [6.07, 6.45) is 0.628. The Kier molecular flexibility index (Phi) is 5.76. The Bertz CT molecular complexity index is 621. The second-order valence-electron chi connectivity index (χ2n) is 4.64. The summed E-state index contributed by atoms with van der Waals surface area (Å²) in [5, 5.41) is 2.83. The number of hydrogen-bond donors (Lipinski definition) is 1. The van der Waals surface area contributed by atoms with E-state index in [0.717, 1.165) is 5.56 Å². The van der Waals surface area contributed by atoms with Crippen molar-refractivity contribution in [3.63, 3.8) is 0 Å². The molecule has 1 N–H and O–H groups in total. The van der Waals surface area contributed by atoms with Gasteiger partial charge in [0.25, 0.3) is 5.91 Å². The van der Waals surface area contributed by atoms with Gasteiger partial charge in [-0.25, -0.2) is 4.39 Å². The van der Waals surface area contributed by atoms with Crippen molar-refractivity contribution in [1.82, 2.24) is 5.32 Å². The lowest BCUT2D eigenvalue weighted by Gasteiger charge is -2.17. The van der Waals surface area contributed by atoms with E-state index in [0.29, 0.717) is 10.9 Å². The van der Waals surface area contributed by atoms with E-state index in [4.69, 9.17) is 11.6 Å². The molecule has 0 aliphatic carbocycles. The van der Waals surface area contributed by atoms with Crippen LogP contribution in [-0.4, -0.2) is 17.8 Å². The quantitative estimate of drug-likeness (QED) is 0.787. The minimum Gasteiger partial charge on any atom is -0.348 e. The van der Waals surface area contributed by atoms with E-state index in [1.54, 1.807) is 0 Å². The van der Waals surface area contributed by atoms with Gasteiger partial charge in [0.2, 0.25) is 0 Å². The first-order chi connectivity index (χ1) is 10.1. The van der Waals surface area contributed by atoms with E-state index in [2.05, 4.69) is 21.2 Å². The summed E-state index contributed by atoms with van der Waals surface area (Å²) in [5.74, 6) is -0.509. The second kappa shape index (κ2) is 7.57. The average Bonchev–Trinajstić information content (AvgIpc) is 2.50. The third-order valence-electron chi connectivity index (χ3n) is 3.02. The molecular formula is C16H14BrClFNO. The van der Waals surface area contributed by atoms with Crippen LogP contribution < -0.4 is 5.32 Å². The van der Waals surface area contributed by atoms with Gasteiger partial charge in [-0.1, -0.05) is 30.3 Å². The Morgan fingerprint density at radius 3 is 2.62 bits per heavy atom. The van der Waals surface area contributed by atoms with Crippen LogP contribution in [0, 0.1) is 5.82 Å². The van der Waals surface area contributed by atoms with Gasteiger partial charge in [0.05, 0.1) is 5.56 Å². The van der Waals surface area contributed by atoms with E-state index in [9.17, 15) is 9.18 Å². The molecular weight excluding hydrogens is 357 g/mol. The molecule has 0 saturated carbocycles. The molecule has 0 aliphatic heterocycles. The summed E-state index contributed by atoms with van der Waals surface area (Å²) < 4.78 is 13.8. The highest BCUT2D eigenvalue weighted by atomic mass is 79.9. The summed E-state index contributed by atoms with van der Waals surface area (Å²) in [4.78, 5) is 12.2. The van der Waals surface area contributed by atoms with Crippen LogP contribution in [0.1, 0.15) is 15.9 Å². The molecule has 110 valence electrons. The molecule has 21 heavy (non-hydrogen) atoms. The first kappa shape index (κ1) is 16.0. The lowest BCUT2D eigenvalue weighted by atomic mass is 10.1. The Balaban J connectivity index is 2.07. The number of carbonyl (C=O) groups excluding carboxylic acids is 1. The SMILES string of the molecule is O=C(NC(CCl)Cc1ccccc1)c1cc(F)ccc1Br. The zero-order valence-electron chi connectivity index (χ0n) is 11.2. The predicted octanol–water partition coefficient (Wildman–Crippen LogP) is 4.17. The van der Waals surface area contributed by atoms with Crippen molar-refractivity contribution in [3.05, 3.63) is 69.9 Å². The number of nitrogens with one attached hydrogen (secondary N) is 1. The average molecular weight is 371 g/mol. The Morgan fingerprint density at radius 2 is 1.95 bits per heavy atom. The van der Waals surface area contributed by atoms with Crippen LogP contribution in [0.4, 0.5) is 4.39 Å². The van der Waals surface area contributed by atoms with Crippen molar-refractivity contribution in [3.8, 4) is 0 Å². The molecule has 2 nitrogen and oxygen atoms in total. The Hall–Kier alpha value is -1.39. The van der Waals surface area contributed by atoms with Crippen molar-refractivity contribution < 1.29 is 9.18 Å². The van der Waals surface area contributed by atoms with Crippen molar-refractivity contribution in [2.24, 2.45) is 0 Å². The molecule has 0 bridgehead atoms. The van der Waals surface area contributed by atoms with Crippen LogP contribution in [0.5, 0.6) is 0 Å². The monoisotopic (exact) mass is 369 g/mol. The lowest BCUT2D eigenvalue weighted by molar-refractivity contribution is 0.0939. The molecule has 0 aromatic heterocycles. The fourth-order valence-electron chi connectivity index (χ4n) is 1.98. The van der Waals surface area contributed by atoms with Gasteiger partial charge < -0.3 is 5.32 Å². The highest BCUT2D eigenvalue weighted by Crippen LogP contribution is 2.18. The Labute approximate surface area is 136 Å². The van der Waals surface area contributed by atoms with Crippen molar-refractivity contribution in [2.45, 2.75) is 12.5 Å². The molecule has 0 spiro atoms. The van der Waals surface area contributed by atoms with E-state index >= 15 is 0 Å². The van der Waals surface area contributed by atoms with Crippen molar-refractivity contribution in [1.29, 1.82) is 0 Å². The fraction of sp³-hybridized carbons (Fsp3) is 0.188. The van der Waals surface area contributed by atoms with E-state index in [1.807, 2.05) is 30.3 Å². The first-order valence-corrected chi connectivity index (χ1v) is 7.78. The van der Waals surface area contributed by atoms with Gasteiger partial charge in [0.15, 0.2) is 0 Å². The molecule has 2 aromatic carbocycles. The normalized spacial score (nSPS) is 12.0. The van der Waals surface area contributed by atoms with Gasteiger partial charge in [-0.05, 0) is 46.1 Å². The lowest BCUT2D eigenvalue weighted by Crippen LogP contribution is -2.38. The van der Waals surface area contributed by atoms with Crippen LogP contribution in [0.2, 0.25) is 0 Å². The van der Waals surface area contributed by atoms with Gasteiger partial charge in [0.1, 0.15) is 5.82 Å². The molecule has 0 fully saturated rings. The molecule has 1 unspecified atom stereocenters. The van der Waals surface area contributed by atoms with E-state index < -0.39 is 5.82 Å². The minimum absolute atomic E-state index is 0.211. The summed E-state index contributed by atoms with van der Waals surface area (Å²) in [5.41, 5.74) is 1.35. The van der Waals surface area contributed by atoms with Crippen molar-refractivity contribution in [2.75, 3.05) is 5.88 Å². The van der Waals surface area contributed by atoms with Crippen LogP contribution in [0.3, 0.4) is 0 Å². The highest BCUT2D eigenvalue weighted by Gasteiger charge is 2.16. The maximum absolute atomic E-state index is 13.2. The predicted molar refractivity (Wildman–Crippen MR) is 86.2 cm³/mol. The van der Waals surface area contributed by atoms with Crippen LogP contribution in [0.25, 0.3) is 0 Å². The second-order valence-corrected chi connectivity index (χ2v) is 5.80. The van der Waals surface area contributed by atoms with Gasteiger partial charge in [-0.3, -0.25) is 4.79 Å². The highest BCUT2D eigenvalue weighted by molar-refractivity contribution is 9.10. The largest absolute Gasteiger partial charge is 0.348 e. The standard InChI is InChI=1S/C16H14BrClFNO/c17-15-7-6-12(19)9-14(15)16(21)20-13(10-18)8-11-4-2-1-3-5-11/h1-7,9,13H,8,10H2,(H,20,21). The minimum atomic E-state index is -0.450. The van der Waals surface area contributed by atoms with Crippen LogP contribution >= 0.6 is 27.5 Å². The maximum atomic E-state index is 13.2. The maximum Gasteiger partial charge on any atom is 0.252 e. The summed E-state index contributed by atoms with van der Waals surface area (Å²) in [7, 11) is 0. The number of benzene rings is 2. The zero-order chi connectivity index (χ0) is 15.2. The molecule has 5 heteroatoms. The number of alkyl halides is 1. The fourth-order valence-corrected chi connectivity index (χ4v) is 2.59. The number of carbonyl (C=O) groups is 1. The molecule has 1 amide bonds. The zero-order valence-corrected chi connectivity index (χ0v) is 13.5.